The number of pyridine rings is 1. The average Bonchev–Trinajstić information content (AvgIpc) is 2.75. The van der Waals surface area contributed by atoms with Gasteiger partial charge in [-0.25, -0.2) is 0 Å². The molecule has 4 aromatic rings. The van der Waals surface area contributed by atoms with Gasteiger partial charge in [0.1, 0.15) is 6.54 Å². The minimum Gasteiger partial charge on any atom is -0.174 e. The first-order valence-electron chi connectivity index (χ1n) is 9.88. The molecule has 27 heavy (non-hydrogen) atoms. The van der Waals surface area contributed by atoms with E-state index >= 15 is 0 Å². The molecule has 0 amide bonds. The summed E-state index contributed by atoms with van der Waals surface area (Å²) in [6, 6.07) is 22.4. The quantitative estimate of drug-likeness (QED) is 0.202. The zero-order valence-corrected chi connectivity index (χ0v) is 17.0. The van der Waals surface area contributed by atoms with E-state index in [0.29, 0.717) is 6.54 Å². The summed E-state index contributed by atoms with van der Waals surface area (Å²) in [5, 5.41) is 4.65. The third-order valence-electron chi connectivity index (χ3n) is 4.38. The van der Waals surface area contributed by atoms with Crippen molar-refractivity contribution < 1.29 is 8.96 Å². The van der Waals surface area contributed by atoms with E-state index in [4.69, 9.17) is 0 Å². The highest BCUT2D eigenvalue weighted by atomic mass is 19.1. The second-order valence-electron chi connectivity index (χ2n) is 5.72. The summed E-state index contributed by atoms with van der Waals surface area (Å²) in [4.78, 5) is 0. The summed E-state index contributed by atoms with van der Waals surface area (Å²) in [7, 11) is 0. The molecule has 0 radical (unpaired) electrons. The lowest BCUT2D eigenvalue weighted by molar-refractivity contribution is -0.720. The Morgan fingerprint density at radius 1 is 0.741 bits per heavy atom. The first-order valence-corrected chi connectivity index (χ1v) is 9.88. The monoisotopic (exact) mass is 362 g/mol. The van der Waals surface area contributed by atoms with Crippen molar-refractivity contribution in [1.82, 2.24) is 0 Å². The molecule has 0 saturated carbocycles. The molecule has 0 atom stereocenters. The summed E-state index contributed by atoms with van der Waals surface area (Å²) >= 11 is 0. The fraction of sp³-hybridized carbons (Fsp3) is 0.240. The maximum Gasteiger partial charge on any atom is 0.360 e. The second-order valence-corrected chi connectivity index (χ2v) is 5.72. The summed E-state index contributed by atoms with van der Waals surface area (Å²) in [6.07, 6.45) is 1.82. The predicted molar refractivity (Wildman–Crippen MR) is 115 cm³/mol. The van der Waals surface area contributed by atoms with Crippen LogP contribution in [0.5, 0.6) is 0 Å². The summed E-state index contributed by atoms with van der Waals surface area (Å²) < 4.78 is 15.9. The lowest BCUT2D eigenvalue weighted by atomic mass is 9.92. The number of aromatic nitrogens is 1. The van der Waals surface area contributed by atoms with Crippen LogP contribution in [0.4, 0.5) is 4.39 Å². The van der Waals surface area contributed by atoms with Gasteiger partial charge in [0.25, 0.3) is 0 Å². The lowest BCUT2D eigenvalue weighted by Crippen LogP contribution is -2.36. The van der Waals surface area contributed by atoms with E-state index in [2.05, 4.69) is 30.3 Å². The van der Waals surface area contributed by atoms with Gasteiger partial charge in [-0.2, -0.15) is 4.57 Å². The number of benzene rings is 3. The lowest BCUT2D eigenvalue weighted by Gasteiger charge is -2.11. The van der Waals surface area contributed by atoms with Crippen LogP contribution >= 0.6 is 0 Å². The number of aryl methyl sites for hydroxylation is 1. The fourth-order valence-corrected chi connectivity index (χ4v) is 3.24. The van der Waals surface area contributed by atoms with Crippen molar-refractivity contribution in [2.45, 2.75) is 41.2 Å². The number of nitrogens with zero attached hydrogens (tertiary/aromatic N) is 1. The van der Waals surface area contributed by atoms with E-state index in [-0.39, 0.29) is 5.95 Å². The van der Waals surface area contributed by atoms with E-state index in [9.17, 15) is 4.39 Å². The van der Waals surface area contributed by atoms with Crippen molar-refractivity contribution in [2.75, 3.05) is 0 Å². The minimum atomic E-state index is -0.206. The van der Waals surface area contributed by atoms with Crippen LogP contribution in [-0.4, -0.2) is 0 Å². The Bertz CT molecular complexity index is 967. The van der Waals surface area contributed by atoms with Crippen LogP contribution in [0.25, 0.3) is 32.7 Å². The Balaban J connectivity index is 0.000000614. The highest BCUT2D eigenvalue weighted by Gasteiger charge is 2.14. The van der Waals surface area contributed by atoms with E-state index < -0.39 is 0 Å². The Morgan fingerprint density at radius 3 is 1.74 bits per heavy atom. The molecule has 1 heterocycles. The van der Waals surface area contributed by atoms with Crippen molar-refractivity contribution in [2.24, 2.45) is 0 Å². The van der Waals surface area contributed by atoms with Gasteiger partial charge >= 0.3 is 5.95 Å². The van der Waals surface area contributed by atoms with E-state index in [1.807, 2.05) is 71.1 Å². The van der Waals surface area contributed by atoms with Gasteiger partial charge in [-0.05, 0) is 45.7 Å². The molecule has 4 rings (SSSR count). The number of halogens is 1. The smallest absolute Gasteiger partial charge is 0.174 e. The SMILES string of the molecule is CC.CC.CC[n+]1ccc(-c2c3ccccc3cc3ccccc23)cc1F. The maximum absolute atomic E-state index is 14.3. The Kier molecular flexibility index (Phi) is 7.48. The number of hydrogen-bond donors (Lipinski definition) is 0. The largest absolute Gasteiger partial charge is 0.360 e. The molecule has 0 saturated heterocycles. The third-order valence-corrected chi connectivity index (χ3v) is 4.38. The van der Waals surface area contributed by atoms with Crippen molar-refractivity contribution in [3.8, 4) is 11.1 Å². The maximum atomic E-state index is 14.3. The molecule has 0 unspecified atom stereocenters. The fourth-order valence-electron chi connectivity index (χ4n) is 3.24. The molecule has 3 aromatic carbocycles. The van der Waals surface area contributed by atoms with Crippen LogP contribution in [0.15, 0.2) is 72.9 Å². The Morgan fingerprint density at radius 2 is 1.26 bits per heavy atom. The highest BCUT2D eigenvalue weighted by Crippen LogP contribution is 2.36. The minimum absolute atomic E-state index is 0.206. The first-order chi connectivity index (χ1) is 13.3. The van der Waals surface area contributed by atoms with Gasteiger partial charge < -0.3 is 0 Å². The Labute approximate surface area is 162 Å². The van der Waals surface area contributed by atoms with E-state index in [1.54, 1.807) is 10.6 Å². The van der Waals surface area contributed by atoms with Crippen molar-refractivity contribution in [3.63, 3.8) is 0 Å². The molecule has 1 nitrogen and oxygen atoms in total. The molecular weight excluding hydrogens is 333 g/mol. The molecule has 0 N–H and O–H groups in total. The van der Waals surface area contributed by atoms with Gasteiger partial charge in [-0.1, -0.05) is 76.2 Å². The van der Waals surface area contributed by atoms with Gasteiger partial charge in [0.05, 0.1) is 6.07 Å². The molecular formula is C25H29FN+. The number of fused-ring (bicyclic) bond motifs is 2. The average molecular weight is 363 g/mol. The van der Waals surface area contributed by atoms with Crippen LogP contribution in [0.3, 0.4) is 0 Å². The summed E-state index contributed by atoms with van der Waals surface area (Å²) in [5.41, 5.74) is 2.01. The zero-order valence-electron chi connectivity index (χ0n) is 17.0. The molecule has 0 bridgehead atoms. The highest BCUT2D eigenvalue weighted by molar-refractivity contribution is 6.12. The summed E-state index contributed by atoms with van der Waals surface area (Å²) in [5.74, 6) is -0.206. The van der Waals surface area contributed by atoms with Gasteiger partial charge in [-0.15, -0.1) is 4.39 Å². The van der Waals surface area contributed by atoms with Crippen LogP contribution in [0, 0.1) is 5.95 Å². The van der Waals surface area contributed by atoms with E-state index in [1.165, 1.54) is 10.8 Å². The molecule has 1 aromatic heterocycles. The standard InChI is InChI=1S/C21H17FN.2C2H6/c1-2-23-12-11-17(14-20(23)22)21-18-9-5-3-7-15(18)13-16-8-4-6-10-19(16)21;2*1-2/h3-14H,2H2,1H3;2*1-2H3/q+1;;. The molecule has 0 fully saturated rings. The molecule has 0 aliphatic carbocycles. The topological polar surface area (TPSA) is 3.88 Å². The van der Waals surface area contributed by atoms with Gasteiger partial charge in [0, 0.05) is 6.07 Å². The molecule has 0 aliphatic rings. The van der Waals surface area contributed by atoms with Crippen LogP contribution < -0.4 is 4.57 Å². The van der Waals surface area contributed by atoms with Crippen LogP contribution in [0.1, 0.15) is 34.6 Å². The van der Waals surface area contributed by atoms with Crippen LogP contribution in [0.2, 0.25) is 0 Å². The van der Waals surface area contributed by atoms with Gasteiger partial charge in [0.2, 0.25) is 0 Å². The number of hydrogen-bond acceptors (Lipinski definition) is 0. The van der Waals surface area contributed by atoms with Crippen molar-refractivity contribution in [3.05, 3.63) is 78.9 Å². The second kappa shape index (κ2) is 9.82. The first kappa shape index (κ1) is 20.6. The molecule has 0 spiro atoms. The Hall–Kier alpha value is -2.74. The zero-order chi connectivity index (χ0) is 19.8. The third kappa shape index (κ3) is 4.16. The van der Waals surface area contributed by atoms with Gasteiger partial charge in [0.15, 0.2) is 6.20 Å². The van der Waals surface area contributed by atoms with Crippen LogP contribution in [-0.2, 0) is 6.54 Å². The van der Waals surface area contributed by atoms with E-state index in [0.717, 1.165) is 21.9 Å². The van der Waals surface area contributed by atoms with Crippen molar-refractivity contribution in [1.29, 1.82) is 0 Å². The molecule has 2 heteroatoms. The molecule has 140 valence electrons. The number of rotatable bonds is 2. The van der Waals surface area contributed by atoms with Gasteiger partial charge in [-0.3, -0.25) is 0 Å². The predicted octanol–water partition coefficient (Wildman–Crippen LogP) is 7.16. The summed E-state index contributed by atoms with van der Waals surface area (Å²) in [6.45, 7) is 10.6. The molecule has 0 aliphatic heterocycles. The normalized spacial score (nSPS) is 10.0. The van der Waals surface area contributed by atoms with Crippen molar-refractivity contribution >= 4 is 21.5 Å².